The SMILES string of the molecule is C=C.C=C.CCCC(=O)O. The molecular formula is C8H16O2. The topological polar surface area (TPSA) is 37.3 Å². The largest absolute Gasteiger partial charge is 0.481 e. The van der Waals surface area contributed by atoms with Crippen LogP contribution in [0.15, 0.2) is 26.3 Å². The van der Waals surface area contributed by atoms with Crippen LogP contribution >= 0.6 is 0 Å². The van der Waals surface area contributed by atoms with E-state index >= 15 is 0 Å². The van der Waals surface area contributed by atoms with Crippen molar-refractivity contribution < 1.29 is 9.90 Å². The van der Waals surface area contributed by atoms with Crippen LogP contribution in [0.2, 0.25) is 0 Å². The Bertz CT molecular complexity index is 67.7. The van der Waals surface area contributed by atoms with Crippen LogP contribution in [0.1, 0.15) is 19.8 Å². The van der Waals surface area contributed by atoms with Crippen molar-refractivity contribution in [3.05, 3.63) is 26.3 Å². The van der Waals surface area contributed by atoms with E-state index in [1.54, 1.807) is 0 Å². The van der Waals surface area contributed by atoms with Crippen molar-refractivity contribution in [1.29, 1.82) is 0 Å². The molecule has 0 bridgehead atoms. The molecule has 0 saturated carbocycles. The Morgan fingerprint density at radius 2 is 1.60 bits per heavy atom. The van der Waals surface area contributed by atoms with Gasteiger partial charge in [0.05, 0.1) is 0 Å². The van der Waals surface area contributed by atoms with Crippen LogP contribution in [-0.4, -0.2) is 11.1 Å². The van der Waals surface area contributed by atoms with Crippen molar-refractivity contribution in [1.82, 2.24) is 0 Å². The molecular weight excluding hydrogens is 128 g/mol. The molecule has 0 amide bonds. The molecule has 60 valence electrons. The van der Waals surface area contributed by atoms with E-state index in [1.165, 1.54) is 0 Å². The summed E-state index contributed by atoms with van der Waals surface area (Å²) in [5.74, 6) is -0.711. The second-order valence-electron chi connectivity index (χ2n) is 1.14. The maximum atomic E-state index is 9.60. The lowest BCUT2D eigenvalue weighted by Gasteiger charge is -1.79. The van der Waals surface area contributed by atoms with Crippen molar-refractivity contribution in [2.24, 2.45) is 0 Å². The molecule has 0 heterocycles. The maximum absolute atomic E-state index is 9.60. The fourth-order valence-corrected chi connectivity index (χ4v) is 0.214. The number of hydrogen-bond donors (Lipinski definition) is 1. The zero-order valence-electron chi connectivity index (χ0n) is 6.60. The Kier molecular flexibility index (Phi) is 39.3. The molecule has 2 nitrogen and oxygen atoms in total. The van der Waals surface area contributed by atoms with Gasteiger partial charge in [-0.1, -0.05) is 6.92 Å². The lowest BCUT2D eigenvalue weighted by molar-refractivity contribution is -0.137. The van der Waals surface area contributed by atoms with Crippen molar-refractivity contribution >= 4 is 5.97 Å². The third kappa shape index (κ3) is 64.7. The van der Waals surface area contributed by atoms with Gasteiger partial charge in [0.1, 0.15) is 0 Å². The molecule has 0 atom stereocenters. The molecule has 0 aliphatic carbocycles. The van der Waals surface area contributed by atoms with E-state index in [4.69, 9.17) is 5.11 Å². The van der Waals surface area contributed by atoms with Crippen molar-refractivity contribution in [3.8, 4) is 0 Å². The molecule has 0 unspecified atom stereocenters. The molecule has 0 aromatic carbocycles. The smallest absolute Gasteiger partial charge is 0.303 e. The van der Waals surface area contributed by atoms with Gasteiger partial charge in [-0.3, -0.25) is 4.79 Å². The van der Waals surface area contributed by atoms with E-state index in [2.05, 4.69) is 26.3 Å². The fourth-order valence-electron chi connectivity index (χ4n) is 0.214. The van der Waals surface area contributed by atoms with Crippen LogP contribution < -0.4 is 0 Å². The molecule has 0 aliphatic heterocycles. The van der Waals surface area contributed by atoms with Crippen LogP contribution in [-0.2, 0) is 4.79 Å². The second kappa shape index (κ2) is 24.6. The third-order valence-corrected chi connectivity index (χ3v) is 0.464. The molecule has 1 N–H and O–H groups in total. The number of carboxylic acids is 1. The van der Waals surface area contributed by atoms with Gasteiger partial charge < -0.3 is 5.11 Å². The zero-order chi connectivity index (χ0) is 8.99. The lowest BCUT2D eigenvalue weighted by Crippen LogP contribution is -1.90. The maximum Gasteiger partial charge on any atom is 0.303 e. The van der Waals surface area contributed by atoms with E-state index in [0.717, 1.165) is 6.42 Å². The van der Waals surface area contributed by atoms with Gasteiger partial charge in [0.15, 0.2) is 0 Å². The first-order valence-electron chi connectivity index (χ1n) is 2.99. The highest BCUT2D eigenvalue weighted by Crippen LogP contribution is 1.82. The van der Waals surface area contributed by atoms with Crippen LogP contribution in [0.3, 0.4) is 0 Å². The molecule has 0 aliphatic rings. The number of carbonyl (C=O) groups is 1. The third-order valence-electron chi connectivity index (χ3n) is 0.464. The van der Waals surface area contributed by atoms with Crippen LogP contribution in [0, 0.1) is 0 Å². The molecule has 0 spiro atoms. The number of carboxylic acid groups (broad SMARTS) is 1. The number of aliphatic carboxylic acids is 1. The van der Waals surface area contributed by atoms with Gasteiger partial charge in [0.2, 0.25) is 0 Å². The van der Waals surface area contributed by atoms with Gasteiger partial charge in [-0.2, -0.15) is 0 Å². The Labute approximate surface area is 62.9 Å². The predicted molar refractivity (Wildman–Crippen MR) is 45.1 cm³/mol. The average Bonchev–Trinajstić information content (AvgIpc) is 1.96. The molecule has 0 aromatic heterocycles. The van der Waals surface area contributed by atoms with Crippen molar-refractivity contribution in [2.75, 3.05) is 0 Å². The summed E-state index contributed by atoms with van der Waals surface area (Å²) < 4.78 is 0. The van der Waals surface area contributed by atoms with E-state index in [-0.39, 0.29) is 0 Å². The van der Waals surface area contributed by atoms with Gasteiger partial charge >= 0.3 is 5.97 Å². The van der Waals surface area contributed by atoms with Crippen molar-refractivity contribution in [2.45, 2.75) is 19.8 Å². The first-order chi connectivity index (χ1) is 4.77. The van der Waals surface area contributed by atoms with Gasteiger partial charge in [-0.05, 0) is 6.42 Å². The van der Waals surface area contributed by atoms with Gasteiger partial charge in [-0.25, -0.2) is 0 Å². The number of rotatable bonds is 2. The fraction of sp³-hybridized carbons (Fsp3) is 0.375. The normalized spacial score (nSPS) is 5.70. The first kappa shape index (κ1) is 16.0. The highest BCUT2D eigenvalue weighted by molar-refractivity contribution is 5.66. The van der Waals surface area contributed by atoms with E-state index in [0.29, 0.717) is 6.42 Å². The molecule has 10 heavy (non-hydrogen) atoms. The van der Waals surface area contributed by atoms with Crippen LogP contribution in [0.5, 0.6) is 0 Å². The van der Waals surface area contributed by atoms with Crippen LogP contribution in [0.25, 0.3) is 0 Å². The number of hydrogen-bond acceptors (Lipinski definition) is 1. The summed E-state index contributed by atoms with van der Waals surface area (Å²) in [6, 6.07) is 0. The summed E-state index contributed by atoms with van der Waals surface area (Å²) in [7, 11) is 0. The second-order valence-corrected chi connectivity index (χ2v) is 1.14. The standard InChI is InChI=1S/C4H8O2.2C2H4/c1-2-3-4(5)6;2*1-2/h2-3H2,1H3,(H,5,6);2*1-2H2. The Balaban J connectivity index is -0.000000105. The monoisotopic (exact) mass is 144 g/mol. The molecule has 0 saturated heterocycles. The first-order valence-corrected chi connectivity index (χ1v) is 2.99. The van der Waals surface area contributed by atoms with Gasteiger partial charge in [0, 0.05) is 6.42 Å². The predicted octanol–water partition coefficient (Wildman–Crippen LogP) is 2.48. The summed E-state index contributed by atoms with van der Waals surface area (Å²) in [4.78, 5) is 9.60. The van der Waals surface area contributed by atoms with Gasteiger partial charge in [-0.15, -0.1) is 26.3 Å². The van der Waals surface area contributed by atoms with Gasteiger partial charge in [0.25, 0.3) is 0 Å². The lowest BCUT2D eigenvalue weighted by atomic mass is 10.4. The minimum Gasteiger partial charge on any atom is -0.481 e. The quantitative estimate of drug-likeness (QED) is 0.604. The van der Waals surface area contributed by atoms with Crippen LogP contribution in [0.4, 0.5) is 0 Å². The Morgan fingerprint density at radius 1 is 1.30 bits per heavy atom. The molecule has 2 heteroatoms. The summed E-state index contributed by atoms with van der Waals surface area (Å²) >= 11 is 0. The molecule has 0 aromatic rings. The summed E-state index contributed by atoms with van der Waals surface area (Å²) in [6.07, 6.45) is 1.02. The highest BCUT2D eigenvalue weighted by atomic mass is 16.4. The minimum absolute atomic E-state index is 0.292. The summed E-state index contributed by atoms with van der Waals surface area (Å²) in [5, 5.41) is 7.91. The minimum atomic E-state index is -0.711. The molecule has 0 radical (unpaired) electrons. The Hall–Kier alpha value is -1.05. The summed E-state index contributed by atoms with van der Waals surface area (Å²) in [5.41, 5.74) is 0. The Morgan fingerprint density at radius 3 is 1.60 bits per heavy atom. The molecule has 0 fully saturated rings. The zero-order valence-corrected chi connectivity index (χ0v) is 6.60. The van der Waals surface area contributed by atoms with E-state index < -0.39 is 5.97 Å². The average molecular weight is 144 g/mol. The van der Waals surface area contributed by atoms with E-state index in [9.17, 15) is 4.79 Å². The highest BCUT2D eigenvalue weighted by Gasteiger charge is 1.87. The van der Waals surface area contributed by atoms with E-state index in [1.807, 2.05) is 6.92 Å². The van der Waals surface area contributed by atoms with Crippen molar-refractivity contribution in [3.63, 3.8) is 0 Å². The molecule has 0 rings (SSSR count). The summed E-state index contributed by atoms with van der Waals surface area (Å²) in [6.45, 7) is 13.8.